The third-order valence-corrected chi connectivity index (χ3v) is 4.21. The molecule has 1 aromatic rings. The molecule has 0 aromatic heterocycles. The van der Waals surface area contributed by atoms with Crippen molar-refractivity contribution in [2.24, 2.45) is 5.41 Å². The van der Waals surface area contributed by atoms with Crippen LogP contribution in [0.15, 0.2) is 30.3 Å². The van der Waals surface area contributed by atoms with Crippen LogP contribution >= 0.6 is 0 Å². The number of benzene rings is 1. The molecule has 0 aliphatic carbocycles. The smallest absolute Gasteiger partial charge is 0.169 e. The van der Waals surface area contributed by atoms with Crippen molar-refractivity contribution in [3.8, 4) is 0 Å². The number of rotatable bonds is 6. The summed E-state index contributed by atoms with van der Waals surface area (Å²) in [5.41, 5.74) is 0.464. The van der Waals surface area contributed by atoms with E-state index in [2.05, 4.69) is 18.7 Å². The Hall–Kier alpha value is -1.19. The molecule has 1 heterocycles. The summed E-state index contributed by atoms with van der Waals surface area (Å²) < 4.78 is 5.68. The summed E-state index contributed by atoms with van der Waals surface area (Å²) >= 11 is 0. The lowest BCUT2D eigenvalue weighted by molar-refractivity contribution is 0.00734. The summed E-state index contributed by atoms with van der Waals surface area (Å²) in [5, 5.41) is 0. The van der Waals surface area contributed by atoms with Crippen LogP contribution in [0.4, 0.5) is 0 Å². The lowest BCUT2D eigenvalue weighted by Crippen LogP contribution is -2.44. The van der Waals surface area contributed by atoms with E-state index in [9.17, 15) is 4.79 Å². The zero-order chi connectivity index (χ0) is 15.3. The number of Topliss-reactive ketones (excluding diaryl/α,β-unsaturated/α-hetero) is 1. The Kier molecular flexibility index (Phi) is 5.54. The Morgan fingerprint density at radius 1 is 1.24 bits per heavy atom. The maximum absolute atomic E-state index is 12.7. The van der Waals surface area contributed by atoms with Crippen LogP contribution in [0.2, 0.25) is 0 Å². The molecule has 0 saturated carbocycles. The van der Waals surface area contributed by atoms with Gasteiger partial charge in [0.1, 0.15) is 0 Å². The first-order chi connectivity index (χ1) is 10.0. The third kappa shape index (κ3) is 4.39. The fraction of sp³-hybridized carbons (Fsp3) is 0.611. The van der Waals surface area contributed by atoms with Crippen molar-refractivity contribution in [2.75, 3.05) is 26.2 Å². The number of piperidine rings is 1. The highest BCUT2D eigenvalue weighted by Gasteiger charge is 2.32. The Morgan fingerprint density at radius 3 is 2.43 bits per heavy atom. The number of ketones is 1. The van der Waals surface area contributed by atoms with Gasteiger partial charge in [0.15, 0.2) is 5.78 Å². The topological polar surface area (TPSA) is 29.5 Å². The van der Waals surface area contributed by atoms with Gasteiger partial charge < -0.3 is 9.64 Å². The van der Waals surface area contributed by atoms with Gasteiger partial charge in [0.2, 0.25) is 0 Å². The zero-order valence-corrected chi connectivity index (χ0v) is 13.5. The highest BCUT2D eigenvalue weighted by atomic mass is 16.5. The first-order valence-corrected chi connectivity index (χ1v) is 7.97. The number of nitrogens with zero attached hydrogens (tertiary/aromatic N) is 1. The summed E-state index contributed by atoms with van der Waals surface area (Å²) in [6, 6.07) is 9.62. The molecule has 0 spiro atoms. The molecule has 1 aliphatic heterocycles. The molecular weight excluding hydrogens is 262 g/mol. The minimum absolute atomic E-state index is 0.232. The lowest BCUT2D eigenvalue weighted by atomic mass is 9.83. The van der Waals surface area contributed by atoms with E-state index in [0.29, 0.717) is 6.10 Å². The predicted octanol–water partition coefficient (Wildman–Crippen LogP) is 3.40. The van der Waals surface area contributed by atoms with Crippen molar-refractivity contribution in [1.82, 2.24) is 4.90 Å². The number of hydrogen-bond donors (Lipinski definition) is 0. The number of ether oxygens (including phenoxy) is 1. The molecule has 0 atom stereocenters. The number of carbonyl (C=O) groups excluding carboxylic acids is 1. The molecule has 0 N–H and O–H groups in total. The molecule has 3 nitrogen and oxygen atoms in total. The predicted molar refractivity (Wildman–Crippen MR) is 85.6 cm³/mol. The molecule has 1 aliphatic rings. The molecule has 116 valence electrons. The van der Waals surface area contributed by atoms with Crippen LogP contribution in [-0.2, 0) is 4.74 Å². The Balaban J connectivity index is 1.91. The summed E-state index contributed by atoms with van der Waals surface area (Å²) in [7, 11) is 0. The maximum atomic E-state index is 12.7. The summed E-state index contributed by atoms with van der Waals surface area (Å²) in [6.45, 7) is 9.82. The van der Waals surface area contributed by atoms with E-state index >= 15 is 0 Å². The molecule has 2 rings (SSSR count). The molecule has 0 amide bonds. The van der Waals surface area contributed by atoms with Gasteiger partial charge in [-0.2, -0.15) is 0 Å². The van der Waals surface area contributed by atoms with Crippen LogP contribution in [0.25, 0.3) is 0 Å². The van der Waals surface area contributed by atoms with Gasteiger partial charge in [0.25, 0.3) is 0 Å². The molecule has 21 heavy (non-hydrogen) atoms. The molecular formula is C18H27NO2. The molecule has 1 saturated heterocycles. The quantitative estimate of drug-likeness (QED) is 0.752. The van der Waals surface area contributed by atoms with Gasteiger partial charge in [-0.1, -0.05) is 44.2 Å². The molecule has 3 heteroatoms. The standard InChI is InChI=1S/C18H27NO2/c1-4-21-16-10-12-19(13-11-16)14-18(2,3)17(20)15-8-6-5-7-9-15/h5-9,16H,4,10-14H2,1-3H3. The van der Waals surface area contributed by atoms with E-state index in [1.54, 1.807) is 0 Å². The molecule has 1 fully saturated rings. The number of carbonyl (C=O) groups is 1. The van der Waals surface area contributed by atoms with Crippen molar-refractivity contribution >= 4 is 5.78 Å². The van der Waals surface area contributed by atoms with Gasteiger partial charge in [-0.05, 0) is 19.8 Å². The van der Waals surface area contributed by atoms with Crippen LogP contribution in [0.5, 0.6) is 0 Å². The summed E-state index contributed by atoms with van der Waals surface area (Å²) in [6.07, 6.45) is 2.55. The monoisotopic (exact) mass is 289 g/mol. The van der Waals surface area contributed by atoms with Crippen LogP contribution in [0, 0.1) is 5.41 Å². The van der Waals surface area contributed by atoms with Gasteiger partial charge >= 0.3 is 0 Å². The lowest BCUT2D eigenvalue weighted by Gasteiger charge is -2.36. The van der Waals surface area contributed by atoms with E-state index in [4.69, 9.17) is 4.74 Å². The average molecular weight is 289 g/mol. The molecule has 0 bridgehead atoms. The number of hydrogen-bond acceptors (Lipinski definition) is 3. The highest BCUT2D eigenvalue weighted by Crippen LogP contribution is 2.25. The first-order valence-electron chi connectivity index (χ1n) is 7.97. The van der Waals surface area contributed by atoms with Crippen LogP contribution in [0.3, 0.4) is 0 Å². The van der Waals surface area contributed by atoms with Crippen molar-refractivity contribution in [2.45, 2.75) is 39.7 Å². The van der Waals surface area contributed by atoms with Crippen molar-refractivity contribution in [1.29, 1.82) is 0 Å². The van der Waals surface area contributed by atoms with Gasteiger partial charge in [0, 0.05) is 37.2 Å². The van der Waals surface area contributed by atoms with Crippen LogP contribution in [-0.4, -0.2) is 43.0 Å². The zero-order valence-electron chi connectivity index (χ0n) is 13.5. The third-order valence-electron chi connectivity index (χ3n) is 4.21. The van der Waals surface area contributed by atoms with Crippen molar-refractivity contribution in [3.63, 3.8) is 0 Å². The Bertz CT molecular complexity index is 448. The highest BCUT2D eigenvalue weighted by molar-refractivity contribution is 6.00. The van der Waals surface area contributed by atoms with Crippen molar-refractivity contribution < 1.29 is 9.53 Å². The SMILES string of the molecule is CCOC1CCN(CC(C)(C)C(=O)c2ccccc2)CC1. The second-order valence-electron chi connectivity index (χ2n) is 6.51. The van der Waals surface area contributed by atoms with Gasteiger partial charge in [-0.25, -0.2) is 0 Å². The number of likely N-dealkylation sites (tertiary alicyclic amines) is 1. The fourth-order valence-electron chi connectivity index (χ4n) is 3.08. The molecule has 0 radical (unpaired) electrons. The van der Waals surface area contributed by atoms with Gasteiger partial charge in [-0.15, -0.1) is 0 Å². The summed E-state index contributed by atoms with van der Waals surface area (Å²) in [5.74, 6) is 0.232. The van der Waals surface area contributed by atoms with Gasteiger partial charge in [-0.3, -0.25) is 4.79 Å². The Labute approximate surface area is 128 Å². The van der Waals surface area contributed by atoms with Crippen LogP contribution < -0.4 is 0 Å². The fourth-order valence-corrected chi connectivity index (χ4v) is 3.08. The summed E-state index contributed by atoms with van der Waals surface area (Å²) in [4.78, 5) is 15.1. The Morgan fingerprint density at radius 2 is 1.86 bits per heavy atom. The molecule has 1 aromatic carbocycles. The van der Waals surface area contributed by atoms with Crippen molar-refractivity contribution in [3.05, 3.63) is 35.9 Å². The van der Waals surface area contributed by atoms with Gasteiger partial charge in [0.05, 0.1) is 6.10 Å². The maximum Gasteiger partial charge on any atom is 0.169 e. The van der Waals surface area contributed by atoms with E-state index < -0.39 is 0 Å². The first kappa shape index (κ1) is 16.2. The van der Waals surface area contributed by atoms with E-state index in [-0.39, 0.29) is 11.2 Å². The van der Waals surface area contributed by atoms with Crippen LogP contribution in [0.1, 0.15) is 44.0 Å². The van der Waals surface area contributed by atoms with E-state index in [1.165, 1.54) is 0 Å². The largest absolute Gasteiger partial charge is 0.378 e. The second kappa shape index (κ2) is 7.19. The normalized spacial score (nSPS) is 17.9. The van der Waals surface area contributed by atoms with E-state index in [0.717, 1.165) is 44.6 Å². The molecule has 0 unspecified atom stereocenters. The minimum atomic E-state index is -0.347. The van der Waals surface area contributed by atoms with E-state index in [1.807, 2.05) is 37.3 Å². The average Bonchev–Trinajstić information content (AvgIpc) is 2.49. The minimum Gasteiger partial charge on any atom is -0.378 e. The second-order valence-corrected chi connectivity index (χ2v) is 6.51.